The van der Waals surface area contributed by atoms with Crippen LogP contribution in [0.4, 0.5) is 10.1 Å². The van der Waals surface area contributed by atoms with Gasteiger partial charge in [-0.2, -0.15) is 0 Å². The largest absolute Gasteiger partial charge is 0.385 e. The number of methoxy groups -OCH3 is 1. The van der Waals surface area contributed by atoms with Gasteiger partial charge in [0.15, 0.2) is 0 Å². The minimum absolute atomic E-state index is 0.156. The zero-order valence-electron chi connectivity index (χ0n) is 12.2. The molecule has 0 spiro atoms. The van der Waals surface area contributed by atoms with Crippen LogP contribution in [0.1, 0.15) is 30.1 Å². The summed E-state index contributed by atoms with van der Waals surface area (Å²) >= 11 is 0. The molecule has 0 saturated carbocycles. The van der Waals surface area contributed by atoms with Crippen LogP contribution in [-0.2, 0) is 4.74 Å². The van der Waals surface area contributed by atoms with Gasteiger partial charge in [0, 0.05) is 27.2 Å². The summed E-state index contributed by atoms with van der Waals surface area (Å²) in [7, 11) is 3.28. The van der Waals surface area contributed by atoms with Gasteiger partial charge in [0.25, 0.3) is 5.91 Å². The molecule has 20 heavy (non-hydrogen) atoms. The van der Waals surface area contributed by atoms with Crippen LogP contribution in [0.25, 0.3) is 0 Å². The smallest absolute Gasteiger partial charge is 0.256 e. The molecule has 1 amide bonds. The summed E-state index contributed by atoms with van der Waals surface area (Å²) in [6.45, 7) is 3.20. The summed E-state index contributed by atoms with van der Waals surface area (Å²) in [6, 6.07) is 4.55. The van der Waals surface area contributed by atoms with E-state index in [0.717, 1.165) is 12.8 Å². The molecule has 4 nitrogen and oxygen atoms in total. The van der Waals surface area contributed by atoms with Crippen molar-refractivity contribution in [2.75, 3.05) is 32.6 Å². The van der Waals surface area contributed by atoms with Crippen LogP contribution in [0.2, 0.25) is 0 Å². The molecular weight excluding hydrogens is 259 g/mol. The van der Waals surface area contributed by atoms with E-state index < -0.39 is 5.82 Å². The predicted molar refractivity (Wildman–Crippen MR) is 76.5 cm³/mol. The lowest BCUT2D eigenvalue weighted by Gasteiger charge is -2.39. The molecule has 0 aromatic heterocycles. The van der Waals surface area contributed by atoms with Crippen molar-refractivity contribution in [3.63, 3.8) is 0 Å². The topological polar surface area (TPSA) is 41.6 Å². The Morgan fingerprint density at radius 2 is 2.25 bits per heavy atom. The lowest BCUT2D eigenvalue weighted by atomic mass is 9.94. The number of carbonyl (C=O) groups excluding carboxylic acids is 1. The Kier molecular flexibility index (Phi) is 4.28. The number of piperidine rings is 1. The molecule has 1 atom stereocenters. The van der Waals surface area contributed by atoms with E-state index in [1.165, 1.54) is 6.07 Å². The van der Waals surface area contributed by atoms with Gasteiger partial charge in [-0.25, -0.2) is 4.39 Å². The van der Waals surface area contributed by atoms with Crippen molar-refractivity contribution in [2.24, 2.45) is 0 Å². The highest BCUT2D eigenvalue weighted by molar-refractivity contribution is 5.99. The number of ether oxygens (including phenoxy) is 1. The van der Waals surface area contributed by atoms with Gasteiger partial charge in [0.05, 0.1) is 16.9 Å². The second kappa shape index (κ2) is 5.79. The highest BCUT2D eigenvalue weighted by atomic mass is 19.1. The van der Waals surface area contributed by atoms with Crippen LogP contribution in [-0.4, -0.2) is 43.7 Å². The minimum atomic E-state index is -0.412. The van der Waals surface area contributed by atoms with Gasteiger partial charge in [0.2, 0.25) is 0 Å². The van der Waals surface area contributed by atoms with E-state index in [-0.39, 0.29) is 17.2 Å². The number of rotatable bonds is 3. The van der Waals surface area contributed by atoms with Crippen LogP contribution in [0.15, 0.2) is 18.2 Å². The van der Waals surface area contributed by atoms with Crippen LogP contribution in [0.3, 0.4) is 0 Å². The third-order valence-corrected chi connectivity index (χ3v) is 3.93. The fourth-order valence-electron chi connectivity index (χ4n) is 2.67. The van der Waals surface area contributed by atoms with Crippen molar-refractivity contribution in [1.82, 2.24) is 4.90 Å². The van der Waals surface area contributed by atoms with E-state index in [9.17, 15) is 9.18 Å². The second-order valence-corrected chi connectivity index (χ2v) is 5.40. The van der Waals surface area contributed by atoms with Crippen LogP contribution >= 0.6 is 0 Å². The Bertz CT molecular complexity index is 507. The third-order valence-electron chi connectivity index (χ3n) is 3.93. The molecule has 1 heterocycles. The average Bonchev–Trinajstić information content (AvgIpc) is 2.46. The maximum absolute atomic E-state index is 13.7. The van der Waals surface area contributed by atoms with Crippen molar-refractivity contribution in [3.05, 3.63) is 29.6 Å². The number of halogens is 1. The number of carbonyl (C=O) groups is 1. The number of hydrogen-bond donors (Lipinski definition) is 1. The lowest BCUT2D eigenvalue weighted by molar-refractivity contribution is -0.0439. The number of likely N-dealkylation sites (tertiary alicyclic amines) is 1. The third kappa shape index (κ3) is 2.77. The molecule has 0 bridgehead atoms. The van der Waals surface area contributed by atoms with Gasteiger partial charge < -0.3 is 15.0 Å². The van der Waals surface area contributed by atoms with Gasteiger partial charge in [-0.15, -0.1) is 0 Å². The summed E-state index contributed by atoms with van der Waals surface area (Å²) in [5.74, 6) is -0.568. The van der Waals surface area contributed by atoms with Gasteiger partial charge in [0.1, 0.15) is 5.82 Å². The highest BCUT2D eigenvalue weighted by Crippen LogP contribution is 2.27. The summed E-state index contributed by atoms with van der Waals surface area (Å²) in [5.41, 5.74) is 0.302. The van der Waals surface area contributed by atoms with E-state index in [2.05, 4.69) is 5.32 Å². The maximum atomic E-state index is 13.7. The van der Waals surface area contributed by atoms with Crippen LogP contribution < -0.4 is 5.32 Å². The van der Waals surface area contributed by atoms with Crippen molar-refractivity contribution < 1.29 is 13.9 Å². The molecule has 110 valence electrons. The van der Waals surface area contributed by atoms with Gasteiger partial charge >= 0.3 is 0 Å². The summed E-state index contributed by atoms with van der Waals surface area (Å²) in [5, 5.41) is 2.76. The van der Waals surface area contributed by atoms with Crippen molar-refractivity contribution in [3.8, 4) is 0 Å². The van der Waals surface area contributed by atoms with Crippen LogP contribution in [0.5, 0.6) is 0 Å². The monoisotopic (exact) mass is 280 g/mol. The Labute approximate surface area is 118 Å². The minimum Gasteiger partial charge on any atom is -0.385 e. The molecule has 1 aliphatic rings. The number of para-hydroxylation sites is 1. The van der Waals surface area contributed by atoms with Gasteiger partial charge in [-0.05, 0) is 31.9 Å². The number of anilines is 1. The van der Waals surface area contributed by atoms with E-state index in [1.54, 1.807) is 31.2 Å². The summed E-state index contributed by atoms with van der Waals surface area (Å²) < 4.78 is 19.2. The molecule has 1 N–H and O–H groups in total. The Balaban J connectivity index is 2.26. The molecule has 2 rings (SSSR count). The number of benzene rings is 1. The normalized spacial score (nSPS) is 22.7. The fraction of sp³-hybridized carbons (Fsp3) is 0.533. The Morgan fingerprint density at radius 3 is 2.90 bits per heavy atom. The zero-order chi connectivity index (χ0) is 14.8. The van der Waals surface area contributed by atoms with E-state index in [0.29, 0.717) is 18.7 Å². The average molecular weight is 280 g/mol. The zero-order valence-corrected chi connectivity index (χ0v) is 12.2. The molecular formula is C15H21FN2O2. The second-order valence-electron chi connectivity index (χ2n) is 5.40. The van der Waals surface area contributed by atoms with Gasteiger partial charge in [-0.1, -0.05) is 6.07 Å². The van der Waals surface area contributed by atoms with E-state index in [1.807, 2.05) is 6.92 Å². The number of nitrogens with zero attached hydrogens (tertiary/aromatic N) is 1. The molecule has 1 saturated heterocycles. The van der Waals surface area contributed by atoms with E-state index >= 15 is 0 Å². The quantitative estimate of drug-likeness (QED) is 0.925. The van der Waals surface area contributed by atoms with Crippen molar-refractivity contribution >= 4 is 11.6 Å². The molecule has 1 aromatic rings. The van der Waals surface area contributed by atoms with Gasteiger partial charge in [-0.3, -0.25) is 4.79 Å². The SMILES string of the molecule is CNc1c(F)cccc1C(=O)N1CCCC(C)(OC)C1. The first-order valence-electron chi connectivity index (χ1n) is 6.81. The first-order chi connectivity index (χ1) is 9.50. The van der Waals surface area contributed by atoms with Crippen molar-refractivity contribution in [2.45, 2.75) is 25.4 Å². The molecule has 0 radical (unpaired) electrons. The van der Waals surface area contributed by atoms with Crippen LogP contribution in [0, 0.1) is 5.82 Å². The Morgan fingerprint density at radius 1 is 1.50 bits per heavy atom. The maximum Gasteiger partial charge on any atom is 0.256 e. The fourth-order valence-corrected chi connectivity index (χ4v) is 2.67. The molecule has 1 unspecified atom stereocenters. The first kappa shape index (κ1) is 14.8. The summed E-state index contributed by atoms with van der Waals surface area (Å²) in [6.07, 6.45) is 1.82. The number of nitrogens with one attached hydrogen (secondary N) is 1. The molecule has 1 aliphatic heterocycles. The highest BCUT2D eigenvalue weighted by Gasteiger charge is 2.34. The van der Waals surface area contributed by atoms with E-state index in [4.69, 9.17) is 4.74 Å². The standard InChI is InChI=1S/C15H21FN2O2/c1-15(20-3)8-5-9-18(10-15)14(19)11-6-4-7-12(16)13(11)17-2/h4,6-7,17H,5,8-10H2,1-3H3. The molecule has 5 heteroatoms. The first-order valence-corrected chi connectivity index (χ1v) is 6.81. The predicted octanol–water partition coefficient (Wildman–Crippen LogP) is 2.51. The lowest BCUT2D eigenvalue weighted by Crippen LogP contribution is -2.49. The number of hydrogen-bond acceptors (Lipinski definition) is 3. The van der Waals surface area contributed by atoms with Crippen molar-refractivity contribution in [1.29, 1.82) is 0 Å². The Hall–Kier alpha value is -1.62. The summed E-state index contributed by atoms with van der Waals surface area (Å²) in [4.78, 5) is 14.3. The molecule has 1 aromatic carbocycles. The number of amides is 1. The molecule has 0 aliphatic carbocycles. The molecule has 1 fully saturated rings.